The molecule has 8 heteroatoms. The average molecular weight is 465 g/mol. The Balaban J connectivity index is 1.41. The third-order valence-electron chi connectivity index (χ3n) is 5.41. The molecule has 0 aliphatic carbocycles. The van der Waals surface area contributed by atoms with Crippen LogP contribution in [0.3, 0.4) is 0 Å². The number of halogens is 1. The number of fused-ring (bicyclic) bond motifs is 1. The van der Waals surface area contributed by atoms with E-state index >= 15 is 0 Å². The summed E-state index contributed by atoms with van der Waals surface area (Å²) in [6, 6.07) is 16.2. The third-order valence-corrected chi connectivity index (χ3v) is 5.90. The summed E-state index contributed by atoms with van der Waals surface area (Å²) in [6.07, 6.45) is 3.49. The number of piperazine rings is 1. The number of nitrogens with zero attached hydrogens (tertiary/aromatic N) is 6. The molecule has 30 heavy (non-hydrogen) atoms. The van der Waals surface area contributed by atoms with Crippen LogP contribution in [0.4, 0.5) is 11.5 Å². The van der Waals surface area contributed by atoms with Gasteiger partial charge < -0.3 is 14.5 Å². The van der Waals surface area contributed by atoms with Gasteiger partial charge in [-0.15, -0.1) is 0 Å². The van der Waals surface area contributed by atoms with Gasteiger partial charge in [0.15, 0.2) is 5.65 Å². The molecule has 2 aromatic carbocycles. The van der Waals surface area contributed by atoms with Gasteiger partial charge in [-0.1, -0.05) is 34.1 Å². The second kappa shape index (κ2) is 7.95. The molecular formula is C22H21BrN6O. The number of hydrogen-bond acceptors (Lipinski definition) is 6. The van der Waals surface area contributed by atoms with E-state index < -0.39 is 0 Å². The zero-order valence-corrected chi connectivity index (χ0v) is 18.2. The zero-order valence-electron chi connectivity index (χ0n) is 16.6. The normalized spacial score (nSPS) is 14.3. The van der Waals surface area contributed by atoms with E-state index in [1.54, 1.807) is 13.4 Å². The predicted molar refractivity (Wildman–Crippen MR) is 122 cm³/mol. The molecule has 152 valence electrons. The molecular weight excluding hydrogens is 444 g/mol. The summed E-state index contributed by atoms with van der Waals surface area (Å²) >= 11 is 3.57. The van der Waals surface area contributed by atoms with Crippen molar-refractivity contribution in [2.45, 2.75) is 0 Å². The Hall–Kier alpha value is -3.13. The second-order valence-corrected chi connectivity index (χ2v) is 8.03. The second-order valence-electron chi connectivity index (χ2n) is 7.12. The first-order chi connectivity index (χ1) is 14.7. The van der Waals surface area contributed by atoms with Crippen LogP contribution in [0.15, 0.2) is 65.5 Å². The van der Waals surface area contributed by atoms with Gasteiger partial charge >= 0.3 is 0 Å². The lowest BCUT2D eigenvalue weighted by atomic mass is 10.2. The van der Waals surface area contributed by atoms with Crippen LogP contribution in [0.25, 0.3) is 16.7 Å². The van der Waals surface area contributed by atoms with Gasteiger partial charge in [-0.2, -0.15) is 5.10 Å². The fraction of sp³-hybridized carbons (Fsp3) is 0.227. The van der Waals surface area contributed by atoms with Gasteiger partial charge in [0.25, 0.3) is 0 Å². The summed E-state index contributed by atoms with van der Waals surface area (Å²) in [6.45, 7) is 3.48. The largest absolute Gasteiger partial charge is 0.495 e. The molecule has 0 radical (unpaired) electrons. The Morgan fingerprint density at radius 3 is 2.47 bits per heavy atom. The number of methoxy groups -OCH3 is 1. The molecule has 1 saturated heterocycles. The molecule has 0 atom stereocenters. The lowest BCUT2D eigenvalue weighted by molar-refractivity contribution is 0.413. The summed E-state index contributed by atoms with van der Waals surface area (Å²) in [5, 5.41) is 5.54. The molecule has 0 N–H and O–H groups in total. The topological polar surface area (TPSA) is 59.3 Å². The van der Waals surface area contributed by atoms with E-state index in [4.69, 9.17) is 4.74 Å². The van der Waals surface area contributed by atoms with E-state index in [-0.39, 0.29) is 0 Å². The smallest absolute Gasteiger partial charge is 0.168 e. The molecule has 2 aromatic heterocycles. The van der Waals surface area contributed by atoms with Crippen molar-refractivity contribution in [2.75, 3.05) is 43.1 Å². The van der Waals surface area contributed by atoms with Crippen molar-refractivity contribution in [3.05, 3.63) is 65.5 Å². The van der Waals surface area contributed by atoms with Crippen molar-refractivity contribution in [1.82, 2.24) is 19.7 Å². The van der Waals surface area contributed by atoms with E-state index in [2.05, 4.69) is 46.9 Å². The fourth-order valence-corrected chi connectivity index (χ4v) is 4.26. The molecule has 0 bridgehead atoms. The highest BCUT2D eigenvalue weighted by atomic mass is 79.9. The Kier molecular flexibility index (Phi) is 5.00. The molecule has 1 aliphatic heterocycles. The summed E-state index contributed by atoms with van der Waals surface area (Å²) in [7, 11) is 1.71. The summed E-state index contributed by atoms with van der Waals surface area (Å²) in [4.78, 5) is 13.8. The standard InChI is InChI=1S/C22H21BrN6O/c1-30-20-8-7-16(23)13-19(20)27-9-11-28(12-10-27)21-18-14-26-29(22(18)25-15-24-21)17-5-3-2-4-6-17/h2-8,13-15H,9-12H2,1H3. The van der Waals surface area contributed by atoms with Gasteiger partial charge in [-0.3, -0.25) is 0 Å². The molecule has 0 amide bonds. The summed E-state index contributed by atoms with van der Waals surface area (Å²) in [5.74, 6) is 1.82. The van der Waals surface area contributed by atoms with Gasteiger partial charge in [0.05, 0.1) is 30.1 Å². The van der Waals surface area contributed by atoms with Crippen LogP contribution in [0, 0.1) is 0 Å². The Labute approximate surface area is 183 Å². The summed E-state index contributed by atoms with van der Waals surface area (Å²) < 4.78 is 8.47. The minimum Gasteiger partial charge on any atom is -0.495 e. The van der Waals surface area contributed by atoms with Crippen molar-refractivity contribution in [3.8, 4) is 11.4 Å². The van der Waals surface area contributed by atoms with Crippen molar-refractivity contribution in [2.24, 2.45) is 0 Å². The van der Waals surface area contributed by atoms with Crippen molar-refractivity contribution >= 4 is 38.5 Å². The molecule has 0 unspecified atom stereocenters. The van der Waals surface area contributed by atoms with Crippen molar-refractivity contribution < 1.29 is 4.74 Å². The fourth-order valence-electron chi connectivity index (χ4n) is 3.91. The van der Waals surface area contributed by atoms with Gasteiger partial charge in [-0.25, -0.2) is 14.6 Å². The first-order valence-corrected chi connectivity index (χ1v) is 10.6. The van der Waals surface area contributed by atoms with Crippen LogP contribution in [0.2, 0.25) is 0 Å². The van der Waals surface area contributed by atoms with Crippen LogP contribution >= 0.6 is 15.9 Å². The van der Waals surface area contributed by atoms with E-state index in [0.29, 0.717) is 0 Å². The Morgan fingerprint density at radius 1 is 0.933 bits per heavy atom. The first kappa shape index (κ1) is 18.9. The van der Waals surface area contributed by atoms with Crippen LogP contribution in [0.1, 0.15) is 0 Å². The minimum absolute atomic E-state index is 0.822. The number of anilines is 2. The molecule has 7 nitrogen and oxygen atoms in total. The molecule has 0 saturated carbocycles. The number of benzene rings is 2. The lowest BCUT2D eigenvalue weighted by Gasteiger charge is -2.37. The Bertz CT molecular complexity index is 1170. The molecule has 5 rings (SSSR count). The summed E-state index contributed by atoms with van der Waals surface area (Å²) in [5.41, 5.74) is 2.92. The average Bonchev–Trinajstić information content (AvgIpc) is 3.24. The maximum atomic E-state index is 5.56. The first-order valence-electron chi connectivity index (χ1n) is 9.82. The number of hydrogen-bond donors (Lipinski definition) is 0. The van der Waals surface area contributed by atoms with Crippen molar-refractivity contribution in [1.29, 1.82) is 0 Å². The van der Waals surface area contributed by atoms with E-state index in [1.165, 1.54) is 0 Å². The third kappa shape index (κ3) is 3.37. The maximum Gasteiger partial charge on any atom is 0.168 e. The highest BCUT2D eigenvalue weighted by Gasteiger charge is 2.23. The van der Waals surface area contributed by atoms with Gasteiger partial charge in [0, 0.05) is 30.7 Å². The SMILES string of the molecule is COc1ccc(Br)cc1N1CCN(c2ncnc3c2cnn3-c2ccccc2)CC1. The minimum atomic E-state index is 0.822. The molecule has 0 spiro atoms. The predicted octanol–water partition coefficient (Wildman–Crippen LogP) is 3.91. The number of para-hydroxylation sites is 1. The Morgan fingerprint density at radius 2 is 1.70 bits per heavy atom. The molecule has 1 aliphatic rings. The molecule has 1 fully saturated rings. The maximum absolute atomic E-state index is 5.56. The number of aromatic nitrogens is 4. The highest BCUT2D eigenvalue weighted by Crippen LogP contribution is 2.33. The van der Waals surface area contributed by atoms with E-state index in [9.17, 15) is 0 Å². The molecule has 3 heterocycles. The van der Waals surface area contributed by atoms with Gasteiger partial charge in [0.2, 0.25) is 0 Å². The van der Waals surface area contributed by atoms with Gasteiger partial charge in [-0.05, 0) is 30.3 Å². The lowest BCUT2D eigenvalue weighted by Crippen LogP contribution is -2.47. The number of rotatable bonds is 4. The van der Waals surface area contributed by atoms with Crippen LogP contribution < -0.4 is 14.5 Å². The van der Waals surface area contributed by atoms with Crippen LogP contribution in [0.5, 0.6) is 5.75 Å². The molecule has 4 aromatic rings. The quantitative estimate of drug-likeness (QED) is 0.456. The van der Waals surface area contributed by atoms with Gasteiger partial charge in [0.1, 0.15) is 17.9 Å². The van der Waals surface area contributed by atoms with Crippen molar-refractivity contribution in [3.63, 3.8) is 0 Å². The van der Waals surface area contributed by atoms with E-state index in [0.717, 1.165) is 64.6 Å². The van der Waals surface area contributed by atoms with Crippen LogP contribution in [-0.2, 0) is 0 Å². The van der Waals surface area contributed by atoms with Crippen LogP contribution in [-0.4, -0.2) is 53.0 Å². The monoisotopic (exact) mass is 464 g/mol. The number of ether oxygens (including phenoxy) is 1. The highest BCUT2D eigenvalue weighted by molar-refractivity contribution is 9.10. The zero-order chi connectivity index (χ0) is 20.5. The van der Waals surface area contributed by atoms with E-state index in [1.807, 2.05) is 53.3 Å².